The van der Waals surface area contributed by atoms with Crippen molar-refractivity contribution in [3.05, 3.63) is 11.2 Å². The van der Waals surface area contributed by atoms with Crippen molar-refractivity contribution in [1.82, 2.24) is 10.1 Å². The lowest BCUT2D eigenvalue weighted by molar-refractivity contribution is 0.411. The molecule has 0 aliphatic rings. The molecule has 1 heterocycles. The number of rotatable bonds is 2. The molecule has 0 aromatic carbocycles. The van der Waals surface area contributed by atoms with E-state index in [1.165, 1.54) is 0 Å². The van der Waals surface area contributed by atoms with Crippen LogP contribution >= 0.6 is 11.6 Å². The van der Waals surface area contributed by atoms with Gasteiger partial charge in [0.2, 0.25) is 0 Å². The predicted octanol–water partition coefficient (Wildman–Crippen LogP) is 1.68. The Kier molecular flexibility index (Phi) is 2.05. The van der Waals surface area contributed by atoms with Gasteiger partial charge in [-0.1, -0.05) is 12.1 Å². The van der Waals surface area contributed by atoms with Crippen LogP contribution in [-0.4, -0.2) is 10.1 Å². The summed E-state index contributed by atoms with van der Waals surface area (Å²) < 4.78 is 4.52. The Morgan fingerprint density at radius 3 is 2.89 bits per heavy atom. The molecule has 0 atom stereocenters. The normalized spacial score (nSPS) is 10.0. The zero-order valence-corrected chi connectivity index (χ0v) is 5.85. The Balaban J connectivity index is 2.61. The summed E-state index contributed by atoms with van der Waals surface area (Å²) in [7, 11) is 0. The molecule has 0 fully saturated rings. The van der Waals surface area contributed by atoms with Gasteiger partial charge in [0.05, 0.1) is 0 Å². The van der Waals surface area contributed by atoms with E-state index in [4.69, 9.17) is 11.6 Å². The van der Waals surface area contributed by atoms with Crippen molar-refractivity contribution in [3.63, 3.8) is 0 Å². The highest BCUT2D eigenvalue weighted by Gasteiger charge is 1.99. The molecule has 0 aliphatic carbocycles. The second-order valence-electron chi connectivity index (χ2n) is 1.71. The fraction of sp³-hybridized carbons (Fsp3) is 0.600. The van der Waals surface area contributed by atoms with Crippen molar-refractivity contribution >= 4 is 11.6 Å². The molecule has 0 amide bonds. The minimum Gasteiger partial charge on any atom is -0.321 e. The first-order chi connectivity index (χ1) is 4.33. The van der Waals surface area contributed by atoms with Crippen LogP contribution in [0.4, 0.5) is 0 Å². The second-order valence-corrected chi connectivity index (χ2v) is 2.04. The molecule has 3 nitrogen and oxygen atoms in total. The van der Waals surface area contributed by atoms with Gasteiger partial charge in [-0.25, -0.2) is 0 Å². The van der Waals surface area contributed by atoms with Gasteiger partial charge in [0.25, 0.3) is 0 Å². The molecule has 0 bridgehead atoms. The average Bonchev–Trinajstić information content (AvgIpc) is 2.17. The van der Waals surface area contributed by atoms with Crippen LogP contribution in [0.3, 0.4) is 0 Å². The minimum absolute atomic E-state index is 0.124. The van der Waals surface area contributed by atoms with Gasteiger partial charge >= 0.3 is 5.35 Å². The summed E-state index contributed by atoms with van der Waals surface area (Å²) in [5, 5.41) is 3.71. The van der Waals surface area contributed by atoms with E-state index in [9.17, 15) is 0 Å². The van der Waals surface area contributed by atoms with Gasteiger partial charge in [0, 0.05) is 6.42 Å². The lowest BCUT2D eigenvalue weighted by Gasteiger charge is -1.81. The number of aryl methyl sites for hydroxylation is 1. The van der Waals surface area contributed by atoms with Crippen LogP contribution < -0.4 is 0 Å². The SMILES string of the molecule is CCCc1noc(Cl)n1. The summed E-state index contributed by atoms with van der Waals surface area (Å²) in [6.45, 7) is 2.05. The van der Waals surface area contributed by atoms with E-state index < -0.39 is 0 Å². The zero-order valence-electron chi connectivity index (χ0n) is 5.09. The third-order valence-corrected chi connectivity index (χ3v) is 1.07. The number of halogens is 1. The highest BCUT2D eigenvalue weighted by Crippen LogP contribution is 2.04. The van der Waals surface area contributed by atoms with E-state index in [1.54, 1.807) is 0 Å². The Hall–Kier alpha value is -0.570. The Morgan fingerprint density at radius 2 is 2.44 bits per heavy atom. The van der Waals surface area contributed by atoms with Gasteiger partial charge in [-0.2, -0.15) is 4.98 Å². The molecule has 0 saturated heterocycles. The quantitative estimate of drug-likeness (QED) is 0.637. The molecule has 0 N–H and O–H groups in total. The average molecular weight is 147 g/mol. The maximum atomic E-state index is 5.36. The van der Waals surface area contributed by atoms with Crippen LogP contribution in [0.15, 0.2) is 4.52 Å². The Morgan fingerprint density at radius 1 is 1.67 bits per heavy atom. The minimum atomic E-state index is 0.124. The van der Waals surface area contributed by atoms with Crippen molar-refractivity contribution in [3.8, 4) is 0 Å². The summed E-state index contributed by atoms with van der Waals surface area (Å²) in [5.74, 6) is 0.683. The second kappa shape index (κ2) is 2.82. The standard InChI is InChI=1S/C5H7ClN2O/c1-2-3-4-7-5(6)9-8-4/h2-3H2,1H3. The highest BCUT2D eigenvalue weighted by atomic mass is 35.5. The number of nitrogens with zero attached hydrogens (tertiary/aromatic N) is 2. The first kappa shape index (κ1) is 6.55. The van der Waals surface area contributed by atoms with Crippen molar-refractivity contribution in [1.29, 1.82) is 0 Å². The summed E-state index contributed by atoms with van der Waals surface area (Å²) >= 11 is 5.36. The molecule has 0 unspecified atom stereocenters. The molecule has 1 aromatic heterocycles. The maximum Gasteiger partial charge on any atom is 0.320 e. The van der Waals surface area contributed by atoms with Crippen LogP contribution in [0, 0.1) is 0 Å². The molecule has 0 radical (unpaired) electrons. The number of hydrogen-bond donors (Lipinski definition) is 0. The summed E-state index contributed by atoms with van der Waals surface area (Å²) in [6.07, 6.45) is 1.84. The van der Waals surface area contributed by atoms with Crippen molar-refractivity contribution in [2.45, 2.75) is 19.8 Å². The third-order valence-electron chi connectivity index (χ3n) is 0.917. The lowest BCUT2D eigenvalue weighted by Crippen LogP contribution is -1.83. The van der Waals surface area contributed by atoms with Crippen LogP contribution in [0.25, 0.3) is 0 Å². The van der Waals surface area contributed by atoms with Gasteiger partial charge in [-0.15, -0.1) is 0 Å². The Bertz CT molecular complexity index is 187. The fourth-order valence-electron chi connectivity index (χ4n) is 0.558. The zero-order chi connectivity index (χ0) is 6.69. The molecule has 0 aliphatic heterocycles. The van der Waals surface area contributed by atoms with Crippen molar-refractivity contribution in [2.24, 2.45) is 0 Å². The predicted molar refractivity (Wildman–Crippen MR) is 33.3 cm³/mol. The first-order valence-electron chi connectivity index (χ1n) is 2.81. The van der Waals surface area contributed by atoms with Crippen molar-refractivity contribution in [2.75, 3.05) is 0 Å². The van der Waals surface area contributed by atoms with E-state index >= 15 is 0 Å². The van der Waals surface area contributed by atoms with E-state index in [0.29, 0.717) is 5.82 Å². The monoisotopic (exact) mass is 146 g/mol. The van der Waals surface area contributed by atoms with E-state index in [-0.39, 0.29) is 5.35 Å². The molecular formula is C5H7ClN2O. The van der Waals surface area contributed by atoms with Crippen LogP contribution in [0.1, 0.15) is 19.2 Å². The molecule has 50 valence electrons. The van der Waals surface area contributed by atoms with E-state index in [2.05, 4.69) is 14.7 Å². The number of aromatic nitrogens is 2. The Labute approximate surface area is 58.0 Å². The maximum absolute atomic E-state index is 5.36. The van der Waals surface area contributed by atoms with Crippen LogP contribution in [-0.2, 0) is 6.42 Å². The lowest BCUT2D eigenvalue weighted by atomic mass is 10.3. The highest BCUT2D eigenvalue weighted by molar-refractivity contribution is 6.27. The molecule has 1 aromatic rings. The van der Waals surface area contributed by atoms with Gasteiger partial charge in [0.1, 0.15) is 0 Å². The summed E-state index contributed by atoms with van der Waals surface area (Å²) in [4.78, 5) is 3.79. The third kappa shape index (κ3) is 1.68. The molecule has 9 heavy (non-hydrogen) atoms. The molecule has 0 saturated carbocycles. The van der Waals surface area contributed by atoms with Crippen LogP contribution in [0.2, 0.25) is 5.35 Å². The van der Waals surface area contributed by atoms with Crippen LogP contribution in [0.5, 0.6) is 0 Å². The van der Waals surface area contributed by atoms with Gasteiger partial charge < -0.3 is 4.52 Å². The van der Waals surface area contributed by atoms with Gasteiger partial charge in [-0.05, 0) is 18.0 Å². The smallest absolute Gasteiger partial charge is 0.320 e. The molecular weight excluding hydrogens is 140 g/mol. The van der Waals surface area contributed by atoms with Gasteiger partial charge in [-0.3, -0.25) is 0 Å². The molecule has 0 spiro atoms. The van der Waals surface area contributed by atoms with E-state index in [1.807, 2.05) is 6.92 Å². The summed E-state index contributed by atoms with van der Waals surface area (Å²) in [6, 6.07) is 0. The van der Waals surface area contributed by atoms with E-state index in [0.717, 1.165) is 12.8 Å². The topological polar surface area (TPSA) is 38.9 Å². The first-order valence-corrected chi connectivity index (χ1v) is 3.19. The summed E-state index contributed by atoms with van der Waals surface area (Å²) in [5.41, 5.74) is 0. The molecule has 1 rings (SSSR count). The largest absolute Gasteiger partial charge is 0.321 e. The fourth-order valence-corrected chi connectivity index (χ4v) is 0.690. The van der Waals surface area contributed by atoms with Crippen molar-refractivity contribution < 1.29 is 4.52 Å². The van der Waals surface area contributed by atoms with Gasteiger partial charge in [0.15, 0.2) is 5.82 Å². The number of hydrogen-bond acceptors (Lipinski definition) is 3. The molecule has 4 heteroatoms.